The Kier molecular flexibility index (Phi) is 3.83. The number of hydrogen-bond donors (Lipinski definition) is 2. The highest BCUT2D eigenvalue weighted by Gasteiger charge is 2.20. The van der Waals surface area contributed by atoms with Crippen molar-refractivity contribution in [3.05, 3.63) is 42.1 Å². The van der Waals surface area contributed by atoms with E-state index in [1.165, 1.54) is 11.8 Å². The maximum absolute atomic E-state index is 10.6. The molecule has 2 aromatic rings. The number of aliphatic carboxylic acids is 1. The lowest BCUT2D eigenvalue weighted by molar-refractivity contribution is -0.133. The molecule has 0 amide bonds. The summed E-state index contributed by atoms with van der Waals surface area (Å²) < 4.78 is 0. The third-order valence-electron chi connectivity index (χ3n) is 2.98. The Labute approximate surface area is 125 Å². The summed E-state index contributed by atoms with van der Waals surface area (Å²) in [4.78, 5) is 10.6. The Morgan fingerprint density at radius 2 is 2.10 bits per heavy atom. The van der Waals surface area contributed by atoms with Crippen LogP contribution in [-0.4, -0.2) is 37.8 Å². The van der Waals surface area contributed by atoms with Gasteiger partial charge >= 0.3 is 5.97 Å². The molecule has 3 rings (SSSR count). The minimum absolute atomic E-state index is 0.00143. The van der Waals surface area contributed by atoms with Crippen molar-refractivity contribution in [3.63, 3.8) is 0 Å². The van der Waals surface area contributed by atoms with Gasteiger partial charge in [0.1, 0.15) is 5.04 Å². The van der Waals surface area contributed by atoms with Gasteiger partial charge in [0.15, 0.2) is 0 Å². The summed E-state index contributed by atoms with van der Waals surface area (Å²) >= 11 is 1.20. The van der Waals surface area contributed by atoms with Gasteiger partial charge in [-0.3, -0.25) is 9.89 Å². The first-order valence-corrected chi connectivity index (χ1v) is 7.30. The molecule has 0 aliphatic carbocycles. The molecule has 1 aliphatic rings. The standard InChI is InChI=1S/C14H12N4O2S/c19-13(20)8-21-12-6-11(16-17-12)10-7-15-18-14(10)9-4-2-1-3-5-9/h1-5,7H,6,8H2,(H,15,18)(H,19,20). The summed E-state index contributed by atoms with van der Waals surface area (Å²) in [5.41, 5.74) is 3.62. The van der Waals surface area contributed by atoms with Gasteiger partial charge in [0.05, 0.1) is 23.4 Å². The van der Waals surface area contributed by atoms with Gasteiger partial charge in [0, 0.05) is 17.5 Å². The van der Waals surface area contributed by atoms with Crippen LogP contribution in [-0.2, 0) is 4.79 Å². The molecule has 7 heteroatoms. The number of carboxylic acids is 1. The summed E-state index contributed by atoms with van der Waals surface area (Å²) in [6, 6.07) is 9.86. The zero-order chi connectivity index (χ0) is 14.7. The summed E-state index contributed by atoms with van der Waals surface area (Å²) in [7, 11) is 0. The molecule has 1 aromatic carbocycles. The molecule has 1 aromatic heterocycles. The molecule has 0 unspecified atom stereocenters. The number of H-pyrrole nitrogens is 1. The Hall–Kier alpha value is -2.41. The van der Waals surface area contributed by atoms with Gasteiger partial charge in [0.25, 0.3) is 0 Å². The van der Waals surface area contributed by atoms with Crippen LogP contribution in [0, 0.1) is 0 Å². The summed E-state index contributed by atoms with van der Waals surface area (Å²) in [5, 5.41) is 24.7. The fraction of sp³-hybridized carbons (Fsp3) is 0.143. The zero-order valence-corrected chi connectivity index (χ0v) is 11.8. The van der Waals surface area contributed by atoms with Gasteiger partial charge in [-0.1, -0.05) is 42.1 Å². The molecule has 6 nitrogen and oxygen atoms in total. The summed E-state index contributed by atoms with van der Waals surface area (Å²) in [6.45, 7) is 0. The van der Waals surface area contributed by atoms with Crippen molar-refractivity contribution in [1.29, 1.82) is 0 Å². The maximum Gasteiger partial charge on any atom is 0.313 e. The largest absolute Gasteiger partial charge is 0.481 e. The minimum atomic E-state index is -0.857. The molecule has 1 aliphatic heterocycles. The number of rotatable bonds is 4. The molecule has 0 fully saturated rings. The maximum atomic E-state index is 10.6. The van der Waals surface area contributed by atoms with Crippen molar-refractivity contribution in [2.45, 2.75) is 6.42 Å². The van der Waals surface area contributed by atoms with E-state index in [1.54, 1.807) is 6.20 Å². The van der Waals surface area contributed by atoms with Gasteiger partial charge in [-0.15, -0.1) is 5.10 Å². The minimum Gasteiger partial charge on any atom is -0.481 e. The SMILES string of the molecule is O=C(O)CSC1=NN=C(c2cn[nH]c2-c2ccccc2)C1. The summed E-state index contributed by atoms with van der Waals surface area (Å²) in [5.74, 6) is -0.858. The fourth-order valence-corrected chi connectivity index (χ4v) is 2.66. The molecule has 2 heterocycles. The van der Waals surface area contributed by atoms with E-state index >= 15 is 0 Å². The lowest BCUT2D eigenvalue weighted by Gasteiger charge is -2.03. The van der Waals surface area contributed by atoms with Crippen LogP contribution >= 0.6 is 11.8 Å². The van der Waals surface area contributed by atoms with E-state index in [4.69, 9.17) is 5.11 Å². The average Bonchev–Trinajstić information content (AvgIpc) is 3.14. The molecule has 2 N–H and O–H groups in total. The second-order valence-electron chi connectivity index (χ2n) is 4.42. The molecule has 0 bridgehead atoms. The van der Waals surface area contributed by atoms with Gasteiger partial charge < -0.3 is 5.11 Å². The van der Waals surface area contributed by atoms with Crippen molar-refractivity contribution in [3.8, 4) is 11.3 Å². The number of benzene rings is 1. The quantitative estimate of drug-likeness (QED) is 0.907. The number of nitrogens with zero attached hydrogens (tertiary/aromatic N) is 3. The zero-order valence-electron chi connectivity index (χ0n) is 11.0. The van der Waals surface area contributed by atoms with Crippen LogP contribution in [0.5, 0.6) is 0 Å². The third-order valence-corrected chi connectivity index (χ3v) is 3.93. The first-order valence-electron chi connectivity index (χ1n) is 6.31. The lowest BCUT2D eigenvalue weighted by Crippen LogP contribution is -2.05. The van der Waals surface area contributed by atoms with E-state index < -0.39 is 5.97 Å². The van der Waals surface area contributed by atoms with Crippen molar-refractivity contribution in [2.75, 3.05) is 5.75 Å². The molecule has 21 heavy (non-hydrogen) atoms. The van der Waals surface area contributed by atoms with Gasteiger partial charge in [0.2, 0.25) is 0 Å². The molecular formula is C14H12N4O2S. The van der Waals surface area contributed by atoms with Gasteiger partial charge in [-0.2, -0.15) is 10.2 Å². The third kappa shape index (κ3) is 3.03. The van der Waals surface area contributed by atoms with E-state index in [-0.39, 0.29) is 5.75 Å². The topological polar surface area (TPSA) is 90.7 Å². The van der Waals surface area contributed by atoms with Crippen LogP contribution in [0.25, 0.3) is 11.3 Å². The number of carbonyl (C=O) groups is 1. The number of hydrogen-bond acceptors (Lipinski definition) is 5. The summed E-state index contributed by atoms with van der Waals surface area (Å²) in [6.07, 6.45) is 2.26. The molecule has 0 radical (unpaired) electrons. The number of aromatic nitrogens is 2. The van der Waals surface area contributed by atoms with E-state index in [0.29, 0.717) is 11.5 Å². The highest BCUT2D eigenvalue weighted by atomic mass is 32.2. The van der Waals surface area contributed by atoms with Crippen LogP contribution in [0.4, 0.5) is 0 Å². The first-order chi connectivity index (χ1) is 10.2. The van der Waals surface area contributed by atoms with Crippen molar-refractivity contribution in [2.24, 2.45) is 10.2 Å². The van der Waals surface area contributed by atoms with Crippen molar-refractivity contribution in [1.82, 2.24) is 10.2 Å². The normalized spacial score (nSPS) is 13.9. The Morgan fingerprint density at radius 3 is 2.86 bits per heavy atom. The van der Waals surface area contributed by atoms with Crippen molar-refractivity contribution < 1.29 is 9.90 Å². The van der Waals surface area contributed by atoms with E-state index in [2.05, 4.69) is 20.4 Å². The van der Waals surface area contributed by atoms with Crippen LogP contribution in [0.15, 0.2) is 46.7 Å². The van der Waals surface area contributed by atoms with Gasteiger partial charge in [-0.25, -0.2) is 0 Å². The first kappa shape index (κ1) is 13.6. The predicted molar refractivity (Wildman–Crippen MR) is 82.7 cm³/mol. The van der Waals surface area contributed by atoms with Crippen LogP contribution < -0.4 is 0 Å². The van der Waals surface area contributed by atoms with E-state index in [0.717, 1.165) is 22.5 Å². The fourth-order valence-electron chi connectivity index (χ4n) is 2.03. The number of carboxylic acid groups (broad SMARTS) is 1. The highest BCUT2D eigenvalue weighted by Crippen LogP contribution is 2.25. The average molecular weight is 300 g/mol. The van der Waals surface area contributed by atoms with E-state index in [9.17, 15) is 4.79 Å². The number of aromatic amines is 1. The molecule has 0 atom stereocenters. The highest BCUT2D eigenvalue weighted by molar-refractivity contribution is 8.14. The molecule has 0 saturated heterocycles. The van der Waals surface area contributed by atoms with E-state index in [1.807, 2.05) is 30.3 Å². The Balaban J connectivity index is 1.76. The Morgan fingerprint density at radius 1 is 1.29 bits per heavy atom. The predicted octanol–water partition coefficient (Wildman–Crippen LogP) is 2.40. The van der Waals surface area contributed by atoms with Crippen LogP contribution in [0.1, 0.15) is 12.0 Å². The van der Waals surface area contributed by atoms with Crippen LogP contribution in [0.3, 0.4) is 0 Å². The van der Waals surface area contributed by atoms with Crippen molar-refractivity contribution >= 4 is 28.5 Å². The lowest BCUT2D eigenvalue weighted by atomic mass is 10.0. The van der Waals surface area contributed by atoms with Crippen LogP contribution in [0.2, 0.25) is 0 Å². The molecule has 106 valence electrons. The molecular weight excluding hydrogens is 288 g/mol. The number of nitrogens with one attached hydrogen (secondary N) is 1. The monoisotopic (exact) mass is 300 g/mol. The van der Waals surface area contributed by atoms with Gasteiger partial charge in [-0.05, 0) is 0 Å². The number of thioether (sulfide) groups is 1. The smallest absolute Gasteiger partial charge is 0.313 e. The Bertz CT molecular complexity index is 722. The second kappa shape index (κ2) is 5.92. The second-order valence-corrected chi connectivity index (χ2v) is 5.47. The molecule has 0 saturated carbocycles. The molecule has 0 spiro atoms.